The minimum absolute atomic E-state index is 0.577. The van der Waals surface area contributed by atoms with Crippen LogP contribution in [0, 0.1) is 0 Å². The van der Waals surface area contributed by atoms with E-state index < -0.39 is 0 Å². The summed E-state index contributed by atoms with van der Waals surface area (Å²) >= 11 is 0. The first-order valence-corrected chi connectivity index (χ1v) is 15.1. The molecule has 7 aromatic carbocycles. The van der Waals surface area contributed by atoms with E-state index in [1.807, 2.05) is 18.2 Å². The van der Waals surface area contributed by atoms with Crippen LogP contribution in [0.2, 0.25) is 0 Å². The van der Waals surface area contributed by atoms with Gasteiger partial charge >= 0.3 is 0 Å². The van der Waals surface area contributed by atoms with E-state index in [2.05, 4.69) is 147 Å². The van der Waals surface area contributed by atoms with Gasteiger partial charge in [-0.2, -0.15) is 0 Å². The van der Waals surface area contributed by atoms with Crippen LogP contribution in [0.5, 0.6) is 0 Å². The number of hydrogen-bond acceptors (Lipinski definition) is 4. The Morgan fingerprint density at radius 1 is 0.400 bits per heavy atom. The van der Waals surface area contributed by atoms with E-state index in [-0.39, 0.29) is 0 Å². The van der Waals surface area contributed by atoms with Crippen molar-refractivity contribution in [2.24, 2.45) is 0 Å². The third-order valence-electron chi connectivity index (χ3n) is 8.83. The number of fused-ring (bicyclic) bond motifs is 4. The molecule has 8 aromatic rings. The van der Waals surface area contributed by atoms with E-state index in [1.165, 1.54) is 60.7 Å². The van der Waals surface area contributed by atoms with Crippen LogP contribution in [0.4, 0.5) is 17.3 Å². The number of anilines is 3. The molecule has 0 saturated heterocycles. The van der Waals surface area contributed by atoms with Gasteiger partial charge in [0.25, 0.3) is 0 Å². The zero-order chi connectivity index (χ0) is 29.7. The van der Waals surface area contributed by atoms with Crippen LogP contribution in [-0.4, -0.2) is 15.0 Å². The number of hydrogen-bond donors (Lipinski definition) is 0. The Morgan fingerprint density at radius 3 is 1.51 bits per heavy atom. The van der Waals surface area contributed by atoms with Crippen molar-refractivity contribution in [3.63, 3.8) is 0 Å². The topological polar surface area (TPSA) is 41.9 Å². The van der Waals surface area contributed by atoms with Crippen molar-refractivity contribution in [1.29, 1.82) is 0 Å². The largest absolute Gasteiger partial charge is 0.278 e. The molecule has 0 unspecified atom stereocenters. The molecular weight excluding hydrogens is 548 g/mol. The molecule has 210 valence electrons. The summed E-state index contributed by atoms with van der Waals surface area (Å²) in [6.45, 7) is 0. The van der Waals surface area contributed by atoms with Gasteiger partial charge in [0.15, 0.2) is 0 Å². The minimum atomic E-state index is 0.577. The van der Waals surface area contributed by atoms with E-state index in [0.717, 1.165) is 16.8 Å². The fourth-order valence-corrected chi connectivity index (χ4v) is 7.08. The molecular formula is C41H26N4. The van der Waals surface area contributed by atoms with E-state index in [1.54, 1.807) is 12.7 Å². The lowest BCUT2D eigenvalue weighted by Gasteiger charge is -2.24. The van der Waals surface area contributed by atoms with Crippen molar-refractivity contribution < 1.29 is 0 Å². The van der Waals surface area contributed by atoms with E-state index in [9.17, 15) is 0 Å². The quantitative estimate of drug-likeness (QED) is 0.205. The van der Waals surface area contributed by atoms with E-state index >= 15 is 0 Å². The van der Waals surface area contributed by atoms with Gasteiger partial charge in [0.05, 0.1) is 5.69 Å². The minimum Gasteiger partial charge on any atom is -0.278 e. The third-order valence-corrected chi connectivity index (χ3v) is 8.83. The van der Waals surface area contributed by atoms with Gasteiger partial charge in [-0.25, -0.2) is 15.0 Å². The zero-order valence-electron chi connectivity index (χ0n) is 24.3. The van der Waals surface area contributed by atoms with Crippen molar-refractivity contribution in [2.75, 3.05) is 4.90 Å². The summed E-state index contributed by atoms with van der Waals surface area (Å²) in [7, 11) is 0. The predicted octanol–water partition coefficient (Wildman–Crippen LogP) is 10.6. The molecule has 0 saturated carbocycles. The van der Waals surface area contributed by atoms with Crippen molar-refractivity contribution in [2.45, 2.75) is 0 Å². The van der Waals surface area contributed by atoms with Gasteiger partial charge in [-0.15, -0.1) is 0 Å². The summed E-state index contributed by atoms with van der Waals surface area (Å²) in [4.78, 5) is 15.4. The van der Waals surface area contributed by atoms with Gasteiger partial charge in [-0.05, 0) is 78.9 Å². The molecule has 4 nitrogen and oxygen atoms in total. The summed E-state index contributed by atoms with van der Waals surface area (Å²) in [5.41, 5.74) is 12.0. The molecule has 1 aliphatic carbocycles. The summed E-state index contributed by atoms with van der Waals surface area (Å²) in [6, 6.07) is 52.0. The highest BCUT2D eigenvalue weighted by Gasteiger charge is 2.32. The summed E-state index contributed by atoms with van der Waals surface area (Å²) < 4.78 is 0. The van der Waals surface area contributed by atoms with Crippen LogP contribution in [0.1, 0.15) is 0 Å². The molecule has 0 bridgehead atoms. The maximum absolute atomic E-state index is 4.59. The molecule has 0 radical (unpaired) electrons. The Labute approximate surface area is 260 Å². The van der Waals surface area contributed by atoms with Crippen molar-refractivity contribution in [3.8, 4) is 44.5 Å². The number of para-hydroxylation sites is 1. The average Bonchev–Trinajstić information content (AvgIpc) is 3.45. The van der Waals surface area contributed by atoms with Gasteiger partial charge in [0.2, 0.25) is 5.95 Å². The summed E-state index contributed by atoms with van der Waals surface area (Å²) in [6.07, 6.45) is 3.11. The number of benzene rings is 7. The van der Waals surface area contributed by atoms with Crippen molar-refractivity contribution in [1.82, 2.24) is 15.0 Å². The van der Waals surface area contributed by atoms with Crippen LogP contribution in [0.25, 0.3) is 66.1 Å². The zero-order valence-corrected chi connectivity index (χ0v) is 24.3. The fourth-order valence-electron chi connectivity index (χ4n) is 7.08. The van der Waals surface area contributed by atoms with E-state index in [0.29, 0.717) is 5.95 Å². The molecule has 0 N–H and O–H groups in total. The van der Waals surface area contributed by atoms with Gasteiger partial charge in [0, 0.05) is 11.1 Å². The maximum atomic E-state index is 4.59. The Kier molecular flexibility index (Phi) is 5.78. The molecule has 0 aliphatic heterocycles. The lowest BCUT2D eigenvalue weighted by atomic mass is 9.82. The molecule has 1 aliphatic rings. The first-order chi connectivity index (χ1) is 22.4. The maximum Gasteiger partial charge on any atom is 0.237 e. The molecule has 0 atom stereocenters. The van der Waals surface area contributed by atoms with Crippen molar-refractivity contribution >= 4 is 38.9 Å². The Morgan fingerprint density at radius 2 is 0.911 bits per heavy atom. The van der Waals surface area contributed by atoms with Gasteiger partial charge < -0.3 is 0 Å². The molecule has 1 aromatic heterocycles. The molecule has 0 spiro atoms. The standard InChI is InChI=1S/C41H26N4/c1-4-13-27(14-5-1)36-30-19-10-11-20-31(30)37(28-15-6-2-7-16-28)40-34-23-24-35(32-21-12-22-33(38(32)34)39(36)40)45(29-17-8-3-9-18-29)41-43-25-42-26-44-41/h1-26H. The Balaban J connectivity index is 1.43. The van der Waals surface area contributed by atoms with Crippen LogP contribution < -0.4 is 4.90 Å². The van der Waals surface area contributed by atoms with Crippen molar-refractivity contribution in [3.05, 3.63) is 158 Å². The van der Waals surface area contributed by atoms with Gasteiger partial charge in [-0.3, -0.25) is 4.90 Å². The lowest BCUT2D eigenvalue weighted by Crippen LogP contribution is -2.13. The highest BCUT2D eigenvalue weighted by Crippen LogP contribution is 2.58. The second kappa shape index (κ2) is 10.2. The monoisotopic (exact) mass is 574 g/mol. The predicted molar refractivity (Wildman–Crippen MR) is 185 cm³/mol. The number of aromatic nitrogens is 3. The normalized spacial score (nSPS) is 11.6. The Bertz CT molecular complexity index is 2220. The highest BCUT2D eigenvalue weighted by atomic mass is 15.3. The second-order valence-corrected chi connectivity index (χ2v) is 11.2. The smallest absolute Gasteiger partial charge is 0.237 e. The second-order valence-electron chi connectivity index (χ2n) is 11.2. The van der Waals surface area contributed by atoms with Crippen LogP contribution in [0.3, 0.4) is 0 Å². The summed E-state index contributed by atoms with van der Waals surface area (Å²) in [5, 5.41) is 4.89. The number of nitrogens with zero attached hydrogens (tertiary/aromatic N) is 4. The first kappa shape index (κ1) is 25.4. The molecule has 0 fully saturated rings. The highest BCUT2D eigenvalue weighted by molar-refractivity contribution is 6.28. The molecule has 0 amide bonds. The molecule has 1 heterocycles. The van der Waals surface area contributed by atoms with Gasteiger partial charge in [0.1, 0.15) is 12.7 Å². The molecule has 45 heavy (non-hydrogen) atoms. The van der Waals surface area contributed by atoms with Gasteiger partial charge in [-0.1, -0.05) is 127 Å². The molecule has 4 heteroatoms. The fraction of sp³-hybridized carbons (Fsp3) is 0. The van der Waals surface area contributed by atoms with E-state index in [4.69, 9.17) is 0 Å². The summed E-state index contributed by atoms with van der Waals surface area (Å²) in [5.74, 6) is 0.577. The third kappa shape index (κ3) is 3.89. The molecule has 9 rings (SSSR count). The average molecular weight is 575 g/mol. The lowest BCUT2D eigenvalue weighted by molar-refractivity contribution is 1.01. The van der Waals surface area contributed by atoms with Crippen LogP contribution in [0.15, 0.2) is 158 Å². The SMILES string of the molecule is c1ccc(-c2c3c(c(-c4ccccc4)c4ccccc24)-c2ccc(N(c4ccccc4)c4ncncn4)c4cccc-3c24)cc1. The van der Waals surface area contributed by atoms with Crippen LogP contribution in [-0.2, 0) is 0 Å². The first-order valence-electron chi connectivity index (χ1n) is 15.1. The van der Waals surface area contributed by atoms with Crippen LogP contribution >= 0.6 is 0 Å². The number of rotatable bonds is 5. The Hall–Kier alpha value is -6.13.